The number of methoxy groups -OCH3 is 1. The van der Waals surface area contributed by atoms with Gasteiger partial charge in [-0.2, -0.15) is 0 Å². The largest absolute Gasteiger partial charge is 0.383 e. The van der Waals surface area contributed by atoms with Crippen molar-refractivity contribution in [1.29, 1.82) is 0 Å². The van der Waals surface area contributed by atoms with Gasteiger partial charge in [-0.3, -0.25) is 14.4 Å². The van der Waals surface area contributed by atoms with Crippen molar-refractivity contribution in [2.24, 2.45) is 0 Å². The summed E-state index contributed by atoms with van der Waals surface area (Å²) in [6.07, 6.45) is 0. The number of hydrogen-bond donors (Lipinski definition) is 1. The third-order valence-electron chi connectivity index (χ3n) is 6.87. The first-order valence-corrected chi connectivity index (χ1v) is 13.2. The van der Waals surface area contributed by atoms with Crippen LogP contribution in [0.3, 0.4) is 0 Å². The second-order valence-electron chi connectivity index (χ2n) is 9.83. The van der Waals surface area contributed by atoms with Gasteiger partial charge in [-0.1, -0.05) is 35.4 Å². The van der Waals surface area contributed by atoms with E-state index in [4.69, 9.17) is 4.74 Å². The van der Waals surface area contributed by atoms with Gasteiger partial charge in [0.1, 0.15) is 6.54 Å². The van der Waals surface area contributed by atoms with Gasteiger partial charge in [-0.05, 0) is 62.4 Å². The van der Waals surface area contributed by atoms with Crippen molar-refractivity contribution < 1.29 is 19.1 Å². The van der Waals surface area contributed by atoms with Gasteiger partial charge in [0.2, 0.25) is 5.91 Å². The van der Waals surface area contributed by atoms with Crippen LogP contribution < -0.4 is 10.2 Å². The smallest absolute Gasteiger partial charge is 0.254 e. The van der Waals surface area contributed by atoms with Crippen LogP contribution in [-0.4, -0.2) is 80.5 Å². The number of anilines is 2. The van der Waals surface area contributed by atoms with E-state index < -0.39 is 0 Å². The van der Waals surface area contributed by atoms with E-state index in [0.29, 0.717) is 37.5 Å². The maximum absolute atomic E-state index is 13.0. The van der Waals surface area contributed by atoms with Gasteiger partial charge in [-0.25, -0.2) is 0 Å². The highest BCUT2D eigenvalue weighted by Crippen LogP contribution is 2.20. The van der Waals surface area contributed by atoms with E-state index >= 15 is 0 Å². The molecule has 3 aromatic rings. The molecule has 3 aromatic carbocycles. The molecule has 1 fully saturated rings. The van der Waals surface area contributed by atoms with Crippen LogP contribution in [0.2, 0.25) is 0 Å². The molecule has 1 heterocycles. The maximum atomic E-state index is 13.0. The van der Waals surface area contributed by atoms with Crippen LogP contribution >= 0.6 is 0 Å². The molecule has 0 atom stereocenters. The van der Waals surface area contributed by atoms with E-state index in [0.717, 1.165) is 35.5 Å². The summed E-state index contributed by atoms with van der Waals surface area (Å²) in [7, 11) is 1.57. The molecule has 0 unspecified atom stereocenters. The summed E-state index contributed by atoms with van der Waals surface area (Å²) < 4.78 is 5.14. The Morgan fingerprint density at radius 1 is 0.795 bits per heavy atom. The predicted molar refractivity (Wildman–Crippen MR) is 153 cm³/mol. The van der Waals surface area contributed by atoms with E-state index in [9.17, 15) is 14.4 Å². The minimum atomic E-state index is -0.275. The molecule has 0 spiro atoms. The zero-order valence-electron chi connectivity index (χ0n) is 22.9. The number of hydrogen-bond acceptors (Lipinski definition) is 5. The van der Waals surface area contributed by atoms with Gasteiger partial charge in [0.05, 0.1) is 6.61 Å². The fourth-order valence-corrected chi connectivity index (χ4v) is 4.51. The predicted octanol–water partition coefficient (Wildman–Crippen LogP) is 3.99. The minimum absolute atomic E-state index is 0.0631. The Kier molecular flexibility index (Phi) is 9.33. The quantitative estimate of drug-likeness (QED) is 0.454. The molecule has 8 heteroatoms. The molecule has 0 aliphatic carbocycles. The van der Waals surface area contributed by atoms with Crippen LogP contribution in [0.4, 0.5) is 11.4 Å². The first-order valence-electron chi connectivity index (χ1n) is 13.2. The standard InChI is InChI=1S/C31H36N4O4/c1-23-4-8-25(9-5-23)30(37)34-18-16-33(17-19-34)28-14-12-27(13-15-28)32-29(36)22-35(20-21-39-3)31(38)26-10-6-24(2)7-11-26/h4-15H,16-22H2,1-3H3,(H,32,36). The zero-order valence-corrected chi connectivity index (χ0v) is 22.9. The highest BCUT2D eigenvalue weighted by molar-refractivity contribution is 5.99. The van der Waals surface area contributed by atoms with E-state index in [-0.39, 0.29) is 24.3 Å². The van der Waals surface area contributed by atoms with E-state index in [2.05, 4.69) is 10.2 Å². The number of amides is 3. The van der Waals surface area contributed by atoms with E-state index in [1.165, 1.54) is 4.90 Å². The molecule has 8 nitrogen and oxygen atoms in total. The van der Waals surface area contributed by atoms with Crippen LogP contribution in [0.5, 0.6) is 0 Å². The molecule has 204 valence electrons. The van der Waals surface area contributed by atoms with Gasteiger partial charge in [0.25, 0.3) is 11.8 Å². The SMILES string of the molecule is COCCN(CC(=O)Nc1ccc(N2CCN(C(=O)c3ccc(C)cc3)CC2)cc1)C(=O)c1ccc(C)cc1. The highest BCUT2D eigenvalue weighted by atomic mass is 16.5. The number of rotatable bonds is 9. The fourth-order valence-electron chi connectivity index (χ4n) is 4.51. The molecule has 0 radical (unpaired) electrons. The summed E-state index contributed by atoms with van der Waals surface area (Å²) >= 11 is 0. The summed E-state index contributed by atoms with van der Waals surface area (Å²) in [5.41, 5.74) is 5.15. The summed E-state index contributed by atoms with van der Waals surface area (Å²) in [5.74, 6) is -0.423. The molecule has 1 N–H and O–H groups in total. The summed E-state index contributed by atoms with van der Waals surface area (Å²) in [5, 5.41) is 2.89. The zero-order chi connectivity index (χ0) is 27.8. The number of aryl methyl sites for hydroxylation is 2. The number of piperazine rings is 1. The first-order chi connectivity index (χ1) is 18.8. The molecular formula is C31H36N4O4. The second-order valence-corrected chi connectivity index (χ2v) is 9.83. The van der Waals surface area contributed by atoms with Crippen molar-refractivity contribution in [2.75, 3.05) is 63.2 Å². The van der Waals surface area contributed by atoms with Gasteiger partial charge in [-0.15, -0.1) is 0 Å². The van der Waals surface area contributed by atoms with Crippen LogP contribution in [0, 0.1) is 13.8 Å². The van der Waals surface area contributed by atoms with E-state index in [1.54, 1.807) is 19.2 Å². The second kappa shape index (κ2) is 13.1. The number of nitrogens with zero attached hydrogens (tertiary/aromatic N) is 3. The average molecular weight is 529 g/mol. The molecule has 1 saturated heterocycles. The Balaban J connectivity index is 1.30. The van der Waals surface area contributed by atoms with Gasteiger partial charge >= 0.3 is 0 Å². The van der Waals surface area contributed by atoms with Crippen molar-refractivity contribution >= 4 is 29.1 Å². The first kappa shape index (κ1) is 27.9. The third kappa shape index (κ3) is 7.45. The Hall–Kier alpha value is -4.17. The molecule has 39 heavy (non-hydrogen) atoms. The Bertz CT molecular complexity index is 1270. The summed E-state index contributed by atoms with van der Waals surface area (Å²) in [6.45, 7) is 7.32. The highest BCUT2D eigenvalue weighted by Gasteiger charge is 2.23. The van der Waals surface area contributed by atoms with Gasteiger partial charge in [0, 0.05) is 62.3 Å². The maximum Gasteiger partial charge on any atom is 0.254 e. The number of benzene rings is 3. The van der Waals surface area contributed by atoms with Crippen molar-refractivity contribution in [2.45, 2.75) is 13.8 Å². The van der Waals surface area contributed by atoms with Crippen molar-refractivity contribution in [3.63, 3.8) is 0 Å². The number of nitrogens with one attached hydrogen (secondary N) is 1. The molecule has 1 aliphatic heterocycles. The van der Waals surface area contributed by atoms with E-state index in [1.807, 2.05) is 79.4 Å². The lowest BCUT2D eigenvalue weighted by molar-refractivity contribution is -0.117. The van der Waals surface area contributed by atoms with Crippen LogP contribution in [0.1, 0.15) is 31.8 Å². The molecular weight excluding hydrogens is 492 g/mol. The monoisotopic (exact) mass is 528 g/mol. The topological polar surface area (TPSA) is 82.2 Å². The molecule has 0 bridgehead atoms. The summed E-state index contributed by atoms with van der Waals surface area (Å²) in [4.78, 5) is 44.2. The van der Waals surface area contributed by atoms with Crippen LogP contribution in [0.15, 0.2) is 72.8 Å². The minimum Gasteiger partial charge on any atom is -0.383 e. The lowest BCUT2D eigenvalue weighted by atomic mass is 10.1. The van der Waals surface area contributed by atoms with Crippen molar-refractivity contribution in [3.8, 4) is 0 Å². The van der Waals surface area contributed by atoms with Crippen LogP contribution in [0.25, 0.3) is 0 Å². The van der Waals surface area contributed by atoms with Crippen molar-refractivity contribution in [1.82, 2.24) is 9.80 Å². The Morgan fingerprint density at radius 2 is 1.36 bits per heavy atom. The summed E-state index contributed by atoms with van der Waals surface area (Å²) in [6, 6.07) is 22.6. The van der Waals surface area contributed by atoms with Gasteiger partial charge < -0.3 is 24.8 Å². The molecule has 3 amide bonds. The fraction of sp³-hybridized carbons (Fsp3) is 0.323. The number of ether oxygens (including phenoxy) is 1. The number of carbonyl (C=O) groups excluding carboxylic acids is 3. The lowest BCUT2D eigenvalue weighted by Crippen LogP contribution is -2.48. The lowest BCUT2D eigenvalue weighted by Gasteiger charge is -2.36. The average Bonchev–Trinajstić information content (AvgIpc) is 2.96. The van der Waals surface area contributed by atoms with Gasteiger partial charge in [0.15, 0.2) is 0 Å². The normalized spacial score (nSPS) is 13.2. The Morgan fingerprint density at radius 3 is 1.92 bits per heavy atom. The molecule has 1 aliphatic rings. The van der Waals surface area contributed by atoms with Crippen molar-refractivity contribution in [3.05, 3.63) is 95.1 Å². The molecule has 4 rings (SSSR count). The molecule has 0 aromatic heterocycles. The Labute approximate surface area is 230 Å². The van der Waals surface area contributed by atoms with Crippen LogP contribution in [-0.2, 0) is 9.53 Å². The molecule has 0 saturated carbocycles. The number of carbonyl (C=O) groups is 3. The third-order valence-corrected chi connectivity index (χ3v) is 6.87.